The van der Waals surface area contributed by atoms with E-state index in [1.54, 1.807) is 0 Å². The molecule has 1 fully saturated rings. The second-order valence-corrected chi connectivity index (χ2v) is 14.8. The van der Waals surface area contributed by atoms with E-state index in [0.29, 0.717) is 11.5 Å². The highest BCUT2D eigenvalue weighted by Crippen LogP contribution is 2.37. The van der Waals surface area contributed by atoms with Crippen LogP contribution in [0.2, 0.25) is 0 Å². The molecular weight excluding hydrogens is 708 g/mol. The molecule has 57 heavy (non-hydrogen) atoms. The molecule has 1 aliphatic carbocycles. The number of anilines is 3. The van der Waals surface area contributed by atoms with Crippen molar-refractivity contribution in [1.29, 1.82) is 0 Å². The Bertz CT molecular complexity index is 2490. The topological polar surface area (TPSA) is 3.24 Å². The third-order valence-electron chi connectivity index (χ3n) is 10.9. The van der Waals surface area contributed by atoms with Gasteiger partial charge in [0.05, 0.1) is 5.56 Å². The third kappa shape index (κ3) is 9.53. The molecule has 0 aliphatic heterocycles. The molecule has 1 aliphatic rings. The highest BCUT2D eigenvalue weighted by Gasteiger charge is 2.29. The lowest BCUT2D eigenvalue weighted by Gasteiger charge is -2.26. The van der Waals surface area contributed by atoms with E-state index < -0.39 is 11.7 Å². The zero-order chi connectivity index (χ0) is 39.0. The van der Waals surface area contributed by atoms with Crippen LogP contribution in [-0.2, 0) is 6.18 Å². The van der Waals surface area contributed by atoms with E-state index in [1.165, 1.54) is 55.4 Å². The van der Waals surface area contributed by atoms with Crippen molar-refractivity contribution in [3.05, 3.63) is 208 Å². The van der Waals surface area contributed by atoms with E-state index in [0.717, 1.165) is 62.2 Å². The Morgan fingerprint density at radius 2 is 0.825 bits per heavy atom. The van der Waals surface area contributed by atoms with Crippen molar-refractivity contribution in [1.82, 2.24) is 0 Å². The van der Waals surface area contributed by atoms with Gasteiger partial charge in [0, 0.05) is 17.1 Å². The Kier molecular flexibility index (Phi) is 11.3. The number of alkyl halides is 3. The summed E-state index contributed by atoms with van der Waals surface area (Å²) in [6, 6.07) is 54.6. The average Bonchev–Trinajstić information content (AvgIpc) is 3.26. The first-order chi connectivity index (χ1) is 27.8. The van der Waals surface area contributed by atoms with E-state index in [4.69, 9.17) is 0 Å². The minimum absolute atomic E-state index is 0.651. The SMILES string of the molecule is FC(F)(F)c1ccc(/C=C/c2ccc(N(c3ccc(/C=C/c4ccc(C5CCCCC5)cc4)cc3)c3ccc4cc(/C=C/c5ccccc5)ccc4c3)cc2)cc1. The van der Waals surface area contributed by atoms with Gasteiger partial charge in [-0.1, -0.05) is 165 Å². The quantitative estimate of drug-likeness (QED) is 0.126. The van der Waals surface area contributed by atoms with Gasteiger partial charge in [-0.3, -0.25) is 0 Å². The van der Waals surface area contributed by atoms with E-state index in [-0.39, 0.29) is 0 Å². The summed E-state index contributed by atoms with van der Waals surface area (Å²) < 4.78 is 39.1. The van der Waals surface area contributed by atoms with Gasteiger partial charge in [0.2, 0.25) is 0 Å². The molecule has 0 N–H and O–H groups in total. The summed E-state index contributed by atoms with van der Waals surface area (Å²) in [5, 5.41) is 2.30. The summed E-state index contributed by atoms with van der Waals surface area (Å²) in [6.45, 7) is 0. The van der Waals surface area contributed by atoms with Gasteiger partial charge >= 0.3 is 6.18 Å². The summed E-state index contributed by atoms with van der Waals surface area (Å²) in [4.78, 5) is 2.25. The van der Waals surface area contributed by atoms with Gasteiger partial charge in [-0.2, -0.15) is 13.2 Å². The normalized spacial score (nSPS) is 13.9. The highest BCUT2D eigenvalue weighted by atomic mass is 19.4. The van der Waals surface area contributed by atoms with Crippen LogP contribution >= 0.6 is 0 Å². The molecule has 1 nitrogen and oxygen atoms in total. The number of benzene rings is 7. The molecule has 8 rings (SSSR count). The average molecular weight is 752 g/mol. The molecule has 282 valence electrons. The number of rotatable bonds is 10. The van der Waals surface area contributed by atoms with Gasteiger partial charge in [0.1, 0.15) is 0 Å². The summed E-state index contributed by atoms with van der Waals surface area (Å²) in [6.07, 6.45) is 14.7. The fourth-order valence-corrected chi connectivity index (χ4v) is 7.65. The smallest absolute Gasteiger partial charge is 0.310 e. The number of nitrogens with zero attached hydrogens (tertiary/aromatic N) is 1. The maximum Gasteiger partial charge on any atom is 0.416 e. The molecule has 0 saturated heterocycles. The van der Waals surface area contributed by atoms with Crippen LogP contribution in [0.5, 0.6) is 0 Å². The number of hydrogen-bond donors (Lipinski definition) is 0. The molecule has 7 aromatic carbocycles. The molecule has 0 amide bonds. The lowest BCUT2D eigenvalue weighted by Crippen LogP contribution is -2.09. The molecule has 0 radical (unpaired) electrons. The van der Waals surface area contributed by atoms with Gasteiger partial charge in [0.15, 0.2) is 0 Å². The molecule has 7 aromatic rings. The Hall–Kier alpha value is -6.39. The fourth-order valence-electron chi connectivity index (χ4n) is 7.65. The molecule has 1 saturated carbocycles. The summed E-state index contributed by atoms with van der Waals surface area (Å²) in [7, 11) is 0. The summed E-state index contributed by atoms with van der Waals surface area (Å²) >= 11 is 0. The van der Waals surface area contributed by atoms with Gasteiger partial charge in [-0.05, 0) is 123 Å². The van der Waals surface area contributed by atoms with Crippen molar-refractivity contribution in [3.8, 4) is 0 Å². The molecule has 4 heteroatoms. The summed E-state index contributed by atoms with van der Waals surface area (Å²) in [5.41, 5.74) is 10.1. The van der Waals surface area contributed by atoms with Crippen molar-refractivity contribution in [2.24, 2.45) is 0 Å². The number of halogens is 3. The number of hydrogen-bond acceptors (Lipinski definition) is 1. The van der Waals surface area contributed by atoms with E-state index in [1.807, 2.05) is 42.5 Å². The van der Waals surface area contributed by atoms with Gasteiger partial charge in [0.25, 0.3) is 0 Å². The third-order valence-corrected chi connectivity index (χ3v) is 10.9. The van der Waals surface area contributed by atoms with Crippen molar-refractivity contribution in [2.75, 3.05) is 4.90 Å². The first-order valence-corrected chi connectivity index (χ1v) is 19.7. The van der Waals surface area contributed by atoms with Crippen LogP contribution in [0.25, 0.3) is 47.2 Å². The molecular formula is C53H44F3N. The van der Waals surface area contributed by atoms with E-state index >= 15 is 0 Å². The van der Waals surface area contributed by atoms with Gasteiger partial charge in [-0.25, -0.2) is 0 Å². The number of fused-ring (bicyclic) bond motifs is 1. The largest absolute Gasteiger partial charge is 0.416 e. The van der Waals surface area contributed by atoms with Crippen LogP contribution in [0.1, 0.15) is 82.5 Å². The predicted molar refractivity (Wildman–Crippen MR) is 236 cm³/mol. The standard InChI is InChI=1S/C53H44F3N/c54-53(55,56)49-30-20-41(21-31-49)12-14-43-24-34-51(35-25-43)57(52-36-29-47-37-44(19-28-48(47)38-52)16-15-39-7-3-1-4-8-39)50-32-22-42(23-33-50)13-11-40-17-26-46(27-18-40)45-9-5-2-6-10-45/h1,3-4,7-8,11-38,45H,2,5-6,9-10H2/b13-11+,14-12+,16-15+. The van der Waals surface area contributed by atoms with Crippen LogP contribution in [0.15, 0.2) is 164 Å². The minimum Gasteiger partial charge on any atom is -0.310 e. The Morgan fingerprint density at radius 1 is 0.404 bits per heavy atom. The van der Waals surface area contributed by atoms with Crippen molar-refractivity contribution >= 4 is 64.3 Å². The Morgan fingerprint density at radius 3 is 1.37 bits per heavy atom. The van der Waals surface area contributed by atoms with E-state index in [2.05, 4.69) is 138 Å². The van der Waals surface area contributed by atoms with Crippen molar-refractivity contribution < 1.29 is 13.2 Å². The van der Waals surface area contributed by atoms with Crippen LogP contribution < -0.4 is 4.90 Å². The first-order valence-electron chi connectivity index (χ1n) is 19.7. The molecule has 0 bridgehead atoms. The molecule has 0 unspecified atom stereocenters. The highest BCUT2D eigenvalue weighted by molar-refractivity contribution is 5.91. The second-order valence-electron chi connectivity index (χ2n) is 14.8. The maximum absolute atomic E-state index is 13.0. The Balaban J connectivity index is 1.05. The van der Waals surface area contributed by atoms with E-state index in [9.17, 15) is 13.2 Å². The monoisotopic (exact) mass is 751 g/mol. The van der Waals surface area contributed by atoms with Crippen LogP contribution in [0, 0.1) is 0 Å². The van der Waals surface area contributed by atoms with Crippen molar-refractivity contribution in [3.63, 3.8) is 0 Å². The molecule has 0 aromatic heterocycles. The zero-order valence-corrected chi connectivity index (χ0v) is 31.7. The minimum atomic E-state index is -4.35. The van der Waals surface area contributed by atoms with Gasteiger partial charge in [-0.15, -0.1) is 0 Å². The summed E-state index contributed by atoms with van der Waals surface area (Å²) in [5.74, 6) is 0.704. The lowest BCUT2D eigenvalue weighted by atomic mass is 9.84. The zero-order valence-electron chi connectivity index (χ0n) is 31.7. The second kappa shape index (κ2) is 17.2. The molecule has 0 spiro atoms. The maximum atomic E-state index is 13.0. The fraction of sp³-hybridized carbons (Fsp3) is 0.132. The van der Waals surface area contributed by atoms with Crippen molar-refractivity contribution in [2.45, 2.75) is 44.2 Å². The molecule has 0 atom stereocenters. The lowest BCUT2D eigenvalue weighted by molar-refractivity contribution is -0.137. The first kappa shape index (κ1) is 37.5. The Labute approximate surface area is 333 Å². The van der Waals surface area contributed by atoms with Crippen LogP contribution in [0.3, 0.4) is 0 Å². The molecule has 0 heterocycles. The van der Waals surface area contributed by atoms with Gasteiger partial charge < -0.3 is 4.90 Å². The van der Waals surface area contributed by atoms with Crippen LogP contribution in [0.4, 0.5) is 30.2 Å². The predicted octanol–water partition coefficient (Wildman–Crippen LogP) is 15.9. The van der Waals surface area contributed by atoms with Crippen LogP contribution in [-0.4, -0.2) is 0 Å².